The number of hydrogen-bond donors (Lipinski definition) is 4. The number of rotatable bonds is 10. The minimum atomic E-state index is -1.10. The van der Waals surface area contributed by atoms with Crippen molar-refractivity contribution in [3.8, 4) is 5.75 Å². The third-order valence-corrected chi connectivity index (χ3v) is 3.25. The van der Waals surface area contributed by atoms with Crippen molar-refractivity contribution in [1.29, 1.82) is 0 Å². The van der Waals surface area contributed by atoms with Gasteiger partial charge in [0.05, 0.1) is 12.0 Å². The predicted molar refractivity (Wildman–Crippen MR) is 86.2 cm³/mol. The third kappa shape index (κ3) is 9.01. The second-order valence-electron chi connectivity index (χ2n) is 5.89. The van der Waals surface area contributed by atoms with Crippen molar-refractivity contribution in [3.05, 3.63) is 29.8 Å². The molecule has 1 aromatic carbocycles. The largest absolute Gasteiger partial charge is 0.480 e. The van der Waals surface area contributed by atoms with Gasteiger partial charge in [0.2, 0.25) is 0 Å². The SMILES string of the molecule is CC(C)CC(NC(=O)Oc1ccc(CCCON(O)O)cc1)C(=O)O. The monoisotopic (exact) mass is 356 g/mol. The Labute approximate surface area is 145 Å². The highest BCUT2D eigenvalue weighted by molar-refractivity contribution is 5.80. The first kappa shape index (κ1) is 20.8. The van der Waals surface area contributed by atoms with Gasteiger partial charge in [0.25, 0.3) is 0 Å². The van der Waals surface area contributed by atoms with Gasteiger partial charge in [0.15, 0.2) is 0 Å². The molecule has 0 aliphatic carbocycles. The molecule has 1 aromatic rings. The predicted octanol–water partition coefficient (Wildman–Crippen LogP) is 2.22. The minimum absolute atomic E-state index is 0.119. The summed E-state index contributed by atoms with van der Waals surface area (Å²) >= 11 is 0. The van der Waals surface area contributed by atoms with E-state index in [1.54, 1.807) is 24.3 Å². The molecule has 1 atom stereocenters. The topological polar surface area (TPSA) is 129 Å². The van der Waals surface area contributed by atoms with Gasteiger partial charge in [-0.25, -0.2) is 9.59 Å². The first-order valence-corrected chi connectivity index (χ1v) is 7.88. The lowest BCUT2D eigenvalue weighted by atomic mass is 10.0. The lowest BCUT2D eigenvalue weighted by Crippen LogP contribution is -2.43. The molecule has 0 aromatic heterocycles. The second-order valence-corrected chi connectivity index (χ2v) is 5.89. The van der Waals surface area contributed by atoms with Crippen LogP contribution in [-0.4, -0.2) is 45.6 Å². The fourth-order valence-electron chi connectivity index (χ4n) is 2.12. The Hall–Kier alpha value is -2.20. The van der Waals surface area contributed by atoms with E-state index in [0.29, 0.717) is 25.0 Å². The molecule has 9 heteroatoms. The molecule has 0 saturated heterocycles. The normalized spacial score (nSPS) is 12.2. The Morgan fingerprint density at radius 3 is 2.36 bits per heavy atom. The van der Waals surface area contributed by atoms with Gasteiger partial charge in [-0.3, -0.25) is 15.3 Å². The van der Waals surface area contributed by atoms with Crippen LogP contribution < -0.4 is 10.1 Å². The number of ether oxygens (including phenoxy) is 1. The van der Waals surface area contributed by atoms with Crippen LogP contribution in [0.1, 0.15) is 32.3 Å². The molecule has 1 rings (SSSR count). The van der Waals surface area contributed by atoms with Crippen LogP contribution in [0.25, 0.3) is 0 Å². The number of amides is 1. The maximum absolute atomic E-state index is 11.8. The van der Waals surface area contributed by atoms with E-state index in [4.69, 9.17) is 20.3 Å². The molecule has 140 valence electrons. The zero-order valence-corrected chi connectivity index (χ0v) is 14.2. The number of carboxylic acids is 1. The van der Waals surface area contributed by atoms with Crippen LogP contribution in [0.15, 0.2) is 24.3 Å². The molecule has 0 radical (unpaired) electrons. The van der Waals surface area contributed by atoms with Crippen molar-refractivity contribution in [2.75, 3.05) is 6.61 Å². The molecule has 1 amide bonds. The summed E-state index contributed by atoms with van der Waals surface area (Å²) in [6, 6.07) is 5.70. The molecule has 0 bridgehead atoms. The Balaban J connectivity index is 2.45. The summed E-state index contributed by atoms with van der Waals surface area (Å²) in [4.78, 5) is 27.4. The number of benzene rings is 1. The zero-order chi connectivity index (χ0) is 18.8. The number of carbonyl (C=O) groups excluding carboxylic acids is 1. The fourth-order valence-corrected chi connectivity index (χ4v) is 2.12. The molecule has 1 unspecified atom stereocenters. The van der Waals surface area contributed by atoms with Crippen LogP contribution in [0.5, 0.6) is 5.75 Å². The first-order chi connectivity index (χ1) is 11.8. The zero-order valence-electron chi connectivity index (χ0n) is 14.2. The van der Waals surface area contributed by atoms with Crippen molar-refractivity contribution in [2.24, 2.45) is 5.92 Å². The van der Waals surface area contributed by atoms with Crippen molar-refractivity contribution in [1.82, 2.24) is 10.7 Å². The van der Waals surface area contributed by atoms with Gasteiger partial charge in [-0.2, -0.15) is 0 Å². The van der Waals surface area contributed by atoms with E-state index < -0.39 is 18.1 Å². The van der Waals surface area contributed by atoms with Gasteiger partial charge < -0.3 is 15.2 Å². The summed E-state index contributed by atoms with van der Waals surface area (Å²) in [7, 11) is 0. The molecule has 0 aliphatic heterocycles. The summed E-state index contributed by atoms with van der Waals surface area (Å²) in [5.74, 6) is -0.691. The molecule has 0 saturated carbocycles. The first-order valence-electron chi connectivity index (χ1n) is 7.88. The molecule has 0 heterocycles. The highest BCUT2D eigenvalue weighted by Crippen LogP contribution is 2.14. The van der Waals surface area contributed by atoms with E-state index in [1.165, 1.54) is 0 Å². The van der Waals surface area contributed by atoms with Crippen molar-refractivity contribution in [2.45, 2.75) is 39.2 Å². The molecule has 0 aliphatic rings. The van der Waals surface area contributed by atoms with E-state index in [1.807, 2.05) is 13.8 Å². The Morgan fingerprint density at radius 1 is 1.20 bits per heavy atom. The number of aliphatic carboxylic acids is 1. The second kappa shape index (κ2) is 10.6. The van der Waals surface area contributed by atoms with Crippen LogP contribution in [0.3, 0.4) is 0 Å². The minimum Gasteiger partial charge on any atom is -0.480 e. The lowest BCUT2D eigenvalue weighted by Gasteiger charge is -2.16. The maximum Gasteiger partial charge on any atom is 0.413 e. The molecule has 25 heavy (non-hydrogen) atoms. The fraction of sp³-hybridized carbons (Fsp3) is 0.500. The Bertz CT molecular complexity index is 546. The van der Waals surface area contributed by atoms with Gasteiger partial charge in [-0.05, 0) is 42.9 Å². The maximum atomic E-state index is 11.8. The van der Waals surface area contributed by atoms with Crippen molar-refractivity contribution >= 4 is 12.1 Å². The number of carbonyl (C=O) groups is 2. The number of carboxylic acid groups (broad SMARTS) is 1. The quantitative estimate of drug-likeness (QED) is 0.371. The average Bonchev–Trinajstić information content (AvgIpc) is 2.51. The highest BCUT2D eigenvalue weighted by Gasteiger charge is 2.22. The third-order valence-electron chi connectivity index (χ3n) is 3.25. The smallest absolute Gasteiger partial charge is 0.413 e. The Morgan fingerprint density at radius 2 is 1.84 bits per heavy atom. The molecular weight excluding hydrogens is 332 g/mol. The van der Waals surface area contributed by atoms with E-state index >= 15 is 0 Å². The van der Waals surface area contributed by atoms with Gasteiger partial charge in [0.1, 0.15) is 11.8 Å². The van der Waals surface area contributed by atoms with Crippen LogP contribution in [0, 0.1) is 5.92 Å². The van der Waals surface area contributed by atoms with Crippen molar-refractivity contribution in [3.63, 3.8) is 0 Å². The lowest BCUT2D eigenvalue weighted by molar-refractivity contribution is -0.492. The number of nitrogens with zero attached hydrogens (tertiary/aromatic N) is 1. The average molecular weight is 356 g/mol. The Kier molecular flexibility index (Phi) is 8.86. The standard InChI is InChI=1S/C16H24N2O7/c1-11(2)10-14(15(19)20)17-16(21)25-13-7-5-12(6-8-13)4-3-9-24-18(22)23/h5-8,11,14,22-23H,3-4,9-10H2,1-2H3,(H,17,21)(H,19,20). The molecule has 4 N–H and O–H groups in total. The van der Waals surface area contributed by atoms with Gasteiger partial charge in [0, 0.05) is 0 Å². The molecule has 0 spiro atoms. The van der Waals surface area contributed by atoms with E-state index in [0.717, 1.165) is 5.56 Å². The van der Waals surface area contributed by atoms with E-state index in [-0.39, 0.29) is 17.9 Å². The number of aryl methyl sites for hydroxylation is 1. The summed E-state index contributed by atoms with van der Waals surface area (Å²) < 4.78 is 5.08. The van der Waals surface area contributed by atoms with Crippen LogP contribution >= 0.6 is 0 Å². The van der Waals surface area contributed by atoms with Gasteiger partial charge in [-0.1, -0.05) is 26.0 Å². The van der Waals surface area contributed by atoms with Gasteiger partial charge in [-0.15, -0.1) is 0 Å². The van der Waals surface area contributed by atoms with Gasteiger partial charge >= 0.3 is 12.1 Å². The van der Waals surface area contributed by atoms with Crippen LogP contribution in [0.2, 0.25) is 0 Å². The number of hydrogen-bond acceptors (Lipinski definition) is 7. The van der Waals surface area contributed by atoms with E-state index in [9.17, 15) is 9.59 Å². The summed E-state index contributed by atoms with van der Waals surface area (Å²) in [5.41, 5.74) is 0.946. The highest BCUT2D eigenvalue weighted by atomic mass is 17.1. The molecule has 9 nitrogen and oxygen atoms in total. The van der Waals surface area contributed by atoms with Crippen LogP contribution in [-0.2, 0) is 16.1 Å². The van der Waals surface area contributed by atoms with Crippen molar-refractivity contribution < 1.29 is 34.7 Å². The van der Waals surface area contributed by atoms with Crippen LogP contribution in [0.4, 0.5) is 4.79 Å². The summed E-state index contributed by atoms with van der Waals surface area (Å²) in [6.45, 7) is 3.87. The van der Waals surface area contributed by atoms with E-state index in [2.05, 4.69) is 10.2 Å². The summed E-state index contributed by atoms with van der Waals surface area (Å²) in [6.07, 6.45) is 0.689. The molecular formula is C16H24N2O7. The number of nitrogens with one attached hydrogen (secondary N) is 1. The molecule has 0 fully saturated rings. The summed E-state index contributed by atoms with van der Waals surface area (Å²) in [5, 5.41) is 27.9.